The Morgan fingerprint density at radius 1 is 1.37 bits per heavy atom. The Bertz CT molecular complexity index is 444. The summed E-state index contributed by atoms with van der Waals surface area (Å²) in [5, 5.41) is 2.82. The van der Waals surface area contributed by atoms with Gasteiger partial charge in [-0.05, 0) is 32.9 Å². The molecule has 19 heavy (non-hydrogen) atoms. The Labute approximate surface area is 114 Å². The van der Waals surface area contributed by atoms with Gasteiger partial charge >= 0.3 is 0 Å². The van der Waals surface area contributed by atoms with Crippen LogP contribution in [0, 0.1) is 5.41 Å². The lowest BCUT2D eigenvalue weighted by atomic mass is 9.92. The van der Waals surface area contributed by atoms with E-state index in [-0.39, 0.29) is 12.5 Å². The van der Waals surface area contributed by atoms with Crippen molar-refractivity contribution in [2.24, 2.45) is 11.1 Å². The summed E-state index contributed by atoms with van der Waals surface area (Å²) in [6.07, 6.45) is 0. The van der Waals surface area contributed by atoms with Crippen LogP contribution in [0.5, 0.6) is 11.5 Å². The lowest BCUT2D eigenvalue weighted by molar-refractivity contribution is -0.123. The second-order valence-electron chi connectivity index (χ2n) is 4.84. The van der Waals surface area contributed by atoms with E-state index < -0.39 is 5.41 Å². The number of methoxy groups -OCH3 is 1. The zero-order valence-electron chi connectivity index (χ0n) is 11.9. The molecule has 0 saturated carbocycles. The molecule has 1 aromatic carbocycles. The largest absolute Gasteiger partial charge is 0.493 e. The van der Waals surface area contributed by atoms with Crippen LogP contribution in [-0.4, -0.2) is 26.2 Å². The third-order valence-electron chi connectivity index (χ3n) is 2.85. The van der Waals surface area contributed by atoms with Gasteiger partial charge in [-0.1, -0.05) is 0 Å². The molecule has 0 radical (unpaired) electrons. The first-order valence-corrected chi connectivity index (χ1v) is 6.27. The van der Waals surface area contributed by atoms with Crippen LogP contribution in [0.2, 0.25) is 0 Å². The normalized spacial score (nSPS) is 11.0. The molecule has 0 aliphatic heterocycles. The minimum absolute atomic E-state index is 0.124. The molecule has 0 aromatic heterocycles. The van der Waals surface area contributed by atoms with Crippen LogP contribution < -0.4 is 20.5 Å². The molecule has 0 atom stereocenters. The number of nitrogens with two attached hydrogens (primary N) is 1. The maximum Gasteiger partial charge on any atom is 0.231 e. The van der Waals surface area contributed by atoms with Gasteiger partial charge in [-0.2, -0.15) is 0 Å². The lowest BCUT2D eigenvalue weighted by Crippen LogP contribution is -2.37. The van der Waals surface area contributed by atoms with Gasteiger partial charge in [0.05, 0.1) is 19.1 Å². The molecule has 0 aliphatic carbocycles. The number of ether oxygens (including phenoxy) is 2. The average Bonchev–Trinajstić information content (AvgIpc) is 2.40. The van der Waals surface area contributed by atoms with Gasteiger partial charge in [0, 0.05) is 18.3 Å². The van der Waals surface area contributed by atoms with E-state index in [2.05, 4.69) is 5.32 Å². The topological polar surface area (TPSA) is 73.6 Å². The quantitative estimate of drug-likeness (QED) is 0.826. The summed E-state index contributed by atoms with van der Waals surface area (Å²) in [5.41, 5.74) is 5.63. The van der Waals surface area contributed by atoms with Crippen molar-refractivity contribution < 1.29 is 14.3 Å². The molecule has 0 bridgehead atoms. The number of amides is 1. The molecule has 1 amide bonds. The zero-order chi connectivity index (χ0) is 14.5. The minimum atomic E-state index is -0.605. The first-order chi connectivity index (χ1) is 8.94. The molecule has 0 aliphatic rings. The molecule has 0 fully saturated rings. The smallest absolute Gasteiger partial charge is 0.231 e. The van der Waals surface area contributed by atoms with E-state index in [0.29, 0.717) is 23.8 Å². The molecule has 5 nitrogen and oxygen atoms in total. The van der Waals surface area contributed by atoms with Crippen LogP contribution in [0.25, 0.3) is 0 Å². The van der Waals surface area contributed by atoms with Crippen molar-refractivity contribution in [3.8, 4) is 11.5 Å². The standard InChI is InChI=1S/C14H22N2O3/c1-5-19-11-7-6-10(8-12(11)18-4)16-13(17)14(2,3)9-15/h6-8H,5,9,15H2,1-4H3,(H,16,17). The number of hydrogen-bond donors (Lipinski definition) is 2. The van der Waals surface area contributed by atoms with Crippen molar-refractivity contribution >= 4 is 11.6 Å². The molecule has 1 rings (SSSR count). The Morgan fingerprint density at radius 3 is 2.58 bits per heavy atom. The summed E-state index contributed by atoms with van der Waals surface area (Å²) in [5.74, 6) is 1.12. The predicted octanol–water partition coefficient (Wildman–Crippen LogP) is 2.02. The van der Waals surface area contributed by atoms with Crippen LogP contribution in [-0.2, 0) is 4.79 Å². The summed E-state index contributed by atoms with van der Waals surface area (Å²) in [6.45, 7) is 6.34. The molecular formula is C14H22N2O3. The van der Waals surface area contributed by atoms with Crippen LogP contribution >= 0.6 is 0 Å². The number of carbonyl (C=O) groups excluding carboxylic acids is 1. The Balaban J connectivity index is 2.89. The first-order valence-electron chi connectivity index (χ1n) is 6.27. The zero-order valence-corrected chi connectivity index (χ0v) is 11.9. The minimum Gasteiger partial charge on any atom is -0.493 e. The van der Waals surface area contributed by atoms with E-state index in [4.69, 9.17) is 15.2 Å². The lowest BCUT2D eigenvalue weighted by Gasteiger charge is -2.21. The van der Waals surface area contributed by atoms with Crippen molar-refractivity contribution in [1.82, 2.24) is 0 Å². The van der Waals surface area contributed by atoms with Gasteiger partial charge in [-0.3, -0.25) is 4.79 Å². The molecule has 0 unspecified atom stereocenters. The molecule has 0 heterocycles. The van der Waals surface area contributed by atoms with Gasteiger partial charge in [0.25, 0.3) is 0 Å². The number of hydrogen-bond acceptors (Lipinski definition) is 4. The number of benzene rings is 1. The third-order valence-corrected chi connectivity index (χ3v) is 2.85. The van der Waals surface area contributed by atoms with Gasteiger partial charge in [-0.15, -0.1) is 0 Å². The summed E-state index contributed by atoms with van der Waals surface area (Å²) < 4.78 is 10.6. The van der Waals surface area contributed by atoms with E-state index >= 15 is 0 Å². The molecule has 5 heteroatoms. The molecule has 0 saturated heterocycles. The highest BCUT2D eigenvalue weighted by Crippen LogP contribution is 2.30. The van der Waals surface area contributed by atoms with E-state index in [9.17, 15) is 4.79 Å². The number of rotatable bonds is 6. The highest BCUT2D eigenvalue weighted by atomic mass is 16.5. The maximum absolute atomic E-state index is 12.0. The monoisotopic (exact) mass is 266 g/mol. The van der Waals surface area contributed by atoms with Crippen LogP contribution in [0.1, 0.15) is 20.8 Å². The van der Waals surface area contributed by atoms with E-state index in [1.54, 1.807) is 39.2 Å². The molecule has 3 N–H and O–H groups in total. The molecule has 0 spiro atoms. The van der Waals surface area contributed by atoms with Crippen molar-refractivity contribution in [2.45, 2.75) is 20.8 Å². The second-order valence-corrected chi connectivity index (χ2v) is 4.84. The summed E-state index contributed by atoms with van der Waals surface area (Å²) >= 11 is 0. The predicted molar refractivity (Wildman–Crippen MR) is 75.6 cm³/mol. The highest BCUT2D eigenvalue weighted by Gasteiger charge is 2.25. The molecule has 1 aromatic rings. The fourth-order valence-electron chi connectivity index (χ4n) is 1.41. The van der Waals surface area contributed by atoms with Crippen molar-refractivity contribution in [1.29, 1.82) is 0 Å². The van der Waals surface area contributed by atoms with E-state index in [1.807, 2.05) is 6.92 Å². The maximum atomic E-state index is 12.0. The van der Waals surface area contributed by atoms with E-state index in [0.717, 1.165) is 0 Å². The van der Waals surface area contributed by atoms with Gasteiger partial charge in [0.15, 0.2) is 11.5 Å². The Hall–Kier alpha value is -1.75. The average molecular weight is 266 g/mol. The van der Waals surface area contributed by atoms with Crippen LogP contribution in [0.3, 0.4) is 0 Å². The fourth-order valence-corrected chi connectivity index (χ4v) is 1.41. The summed E-state index contributed by atoms with van der Waals surface area (Å²) in [4.78, 5) is 12.0. The van der Waals surface area contributed by atoms with Crippen molar-refractivity contribution in [3.63, 3.8) is 0 Å². The number of carbonyl (C=O) groups is 1. The van der Waals surface area contributed by atoms with Crippen LogP contribution in [0.15, 0.2) is 18.2 Å². The van der Waals surface area contributed by atoms with Gasteiger partial charge < -0.3 is 20.5 Å². The van der Waals surface area contributed by atoms with Crippen molar-refractivity contribution in [3.05, 3.63) is 18.2 Å². The van der Waals surface area contributed by atoms with Gasteiger partial charge in [-0.25, -0.2) is 0 Å². The number of nitrogens with one attached hydrogen (secondary N) is 1. The highest BCUT2D eigenvalue weighted by molar-refractivity contribution is 5.95. The SMILES string of the molecule is CCOc1ccc(NC(=O)C(C)(C)CN)cc1OC. The number of anilines is 1. The van der Waals surface area contributed by atoms with E-state index in [1.165, 1.54) is 0 Å². The second kappa shape index (κ2) is 6.43. The van der Waals surface area contributed by atoms with Crippen molar-refractivity contribution in [2.75, 3.05) is 25.6 Å². The third kappa shape index (κ3) is 3.86. The molecular weight excluding hydrogens is 244 g/mol. The van der Waals surface area contributed by atoms with Gasteiger partial charge in [0.1, 0.15) is 0 Å². The first kappa shape index (κ1) is 15.3. The Kier molecular flexibility index (Phi) is 5.18. The fraction of sp³-hybridized carbons (Fsp3) is 0.500. The van der Waals surface area contributed by atoms with Crippen LogP contribution in [0.4, 0.5) is 5.69 Å². The molecule has 106 valence electrons. The Morgan fingerprint density at radius 2 is 2.05 bits per heavy atom. The summed E-state index contributed by atoms with van der Waals surface area (Å²) in [6, 6.07) is 5.28. The summed E-state index contributed by atoms with van der Waals surface area (Å²) in [7, 11) is 1.56. The van der Waals surface area contributed by atoms with Gasteiger partial charge in [0.2, 0.25) is 5.91 Å².